The van der Waals surface area contributed by atoms with Crippen LogP contribution in [0.2, 0.25) is 0 Å². The first-order chi connectivity index (χ1) is 9.74. The molecule has 20 heavy (non-hydrogen) atoms. The molecular weight excluding hydrogens is 272 g/mol. The number of nitrogens with zero attached hydrogens (tertiary/aromatic N) is 1. The summed E-state index contributed by atoms with van der Waals surface area (Å²) in [6.45, 7) is 0. The zero-order chi connectivity index (χ0) is 14.1. The van der Waals surface area contributed by atoms with E-state index in [4.69, 9.17) is 20.2 Å². The third-order valence-electron chi connectivity index (χ3n) is 3.65. The molecule has 0 bridgehead atoms. The van der Waals surface area contributed by atoms with E-state index in [-0.39, 0.29) is 6.04 Å². The molecule has 2 aromatic rings. The fourth-order valence-corrected chi connectivity index (χ4v) is 3.81. The molecule has 1 aliphatic carbocycles. The Morgan fingerprint density at radius 1 is 1.25 bits per heavy atom. The van der Waals surface area contributed by atoms with Crippen LogP contribution in [0, 0.1) is 0 Å². The molecule has 1 heterocycles. The van der Waals surface area contributed by atoms with Gasteiger partial charge in [-0.05, 0) is 25.3 Å². The number of rotatable bonds is 4. The Bertz CT molecular complexity index is 603. The molecule has 3 rings (SSSR count). The maximum absolute atomic E-state index is 6.39. The van der Waals surface area contributed by atoms with Gasteiger partial charge in [-0.2, -0.15) is 0 Å². The SMILES string of the molecule is COc1cccc(C(N)c2nc3c(s2)CCC3)c1OC. The van der Waals surface area contributed by atoms with Crippen molar-refractivity contribution in [2.24, 2.45) is 5.73 Å². The smallest absolute Gasteiger partial charge is 0.165 e. The van der Waals surface area contributed by atoms with Crippen LogP contribution in [0.15, 0.2) is 18.2 Å². The van der Waals surface area contributed by atoms with Crippen LogP contribution < -0.4 is 15.2 Å². The highest BCUT2D eigenvalue weighted by Gasteiger charge is 2.23. The van der Waals surface area contributed by atoms with Gasteiger partial charge < -0.3 is 15.2 Å². The number of thiazole rings is 1. The maximum atomic E-state index is 6.39. The zero-order valence-electron chi connectivity index (χ0n) is 11.7. The maximum Gasteiger partial charge on any atom is 0.165 e. The van der Waals surface area contributed by atoms with Crippen LogP contribution in [0.4, 0.5) is 0 Å². The lowest BCUT2D eigenvalue weighted by atomic mass is 10.1. The van der Waals surface area contributed by atoms with Gasteiger partial charge in [-0.3, -0.25) is 0 Å². The topological polar surface area (TPSA) is 57.4 Å². The standard InChI is InChI=1S/C15H18N2O2S/c1-18-11-7-3-5-9(14(11)19-2)13(16)15-17-10-6-4-8-12(10)20-15/h3,5,7,13H,4,6,8,16H2,1-2H3. The third-order valence-corrected chi connectivity index (χ3v) is 4.89. The monoisotopic (exact) mass is 290 g/mol. The number of ether oxygens (including phenoxy) is 2. The number of aromatic nitrogens is 1. The molecule has 0 amide bonds. The first kappa shape index (κ1) is 13.4. The molecular formula is C15H18N2O2S. The Morgan fingerprint density at radius 2 is 2.10 bits per heavy atom. The molecule has 1 aromatic carbocycles. The molecule has 0 radical (unpaired) electrons. The first-order valence-electron chi connectivity index (χ1n) is 6.69. The van der Waals surface area contributed by atoms with E-state index in [2.05, 4.69) is 0 Å². The highest BCUT2D eigenvalue weighted by atomic mass is 32.1. The van der Waals surface area contributed by atoms with E-state index in [1.54, 1.807) is 25.6 Å². The van der Waals surface area contributed by atoms with Crippen molar-refractivity contribution in [1.82, 2.24) is 4.98 Å². The Balaban J connectivity index is 1.99. The Labute approximate surface area is 122 Å². The molecule has 0 spiro atoms. The molecule has 5 heteroatoms. The minimum absolute atomic E-state index is 0.268. The van der Waals surface area contributed by atoms with Crippen LogP contribution >= 0.6 is 11.3 Å². The highest BCUT2D eigenvalue weighted by molar-refractivity contribution is 7.11. The van der Waals surface area contributed by atoms with Crippen molar-refractivity contribution in [2.45, 2.75) is 25.3 Å². The fourth-order valence-electron chi connectivity index (χ4n) is 2.63. The van der Waals surface area contributed by atoms with E-state index >= 15 is 0 Å². The van der Waals surface area contributed by atoms with Gasteiger partial charge in [0, 0.05) is 10.4 Å². The van der Waals surface area contributed by atoms with Crippen molar-refractivity contribution >= 4 is 11.3 Å². The second-order valence-corrected chi connectivity index (χ2v) is 5.95. The Hall–Kier alpha value is -1.59. The van der Waals surface area contributed by atoms with Crippen LogP contribution in [-0.2, 0) is 12.8 Å². The second kappa shape index (κ2) is 5.42. The Kier molecular flexibility index (Phi) is 3.63. The average molecular weight is 290 g/mol. The summed E-state index contributed by atoms with van der Waals surface area (Å²) < 4.78 is 10.8. The average Bonchev–Trinajstić information content (AvgIpc) is 3.06. The molecule has 1 atom stereocenters. The van der Waals surface area contributed by atoms with Crippen LogP contribution in [0.5, 0.6) is 11.5 Å². The van der Waals surface area contributed by atoms with Crippen molar-refractivity contribution in [3.8, 4) is 11.5 Å². The van der Waals surface area contributed by atoms with Gasteiger partial charge in [-0.25, -0.2) is 4.98 Å². The molecule has 0 fully saturated rings. The predicted molar refractivity (Wildman–Crippen MR) is 79.7 cm³/mol. The molecule has 4 nitrogen and oxygen atoms in total. The molecule has 0 saturated carbocycles. The Morgan fingerprint density at radius 3 is 2.80 bits per heavy atom. The van der Waals surface area contributed by atoms with E-state index in [0.29, 0.717) is 11.5 Å². The van der Waals surface area contributed by atoms with Gasteiger partial charge >= 0.3 is 0 Å². The van der Waals surface area contributed by atoms with Crippen molar-refractivity contribution in [1.29, 1.82) is 0 Å². The van der Waals surface area contributed by atoms with Gasteiger partial charge in [-0.1, -0.05) is 12.1 Å². The fraction of sp³-hybridized carbons (Fsp3) is 0.400. The first-order valence-corrected chi connectivity index (χ1v) is 7.51. The van der Waals surface area contributed by atoms with Crippen LogP contribution in [0.25, 0.3) is 0 Å². The summed E-state index contributed by atoms with van der Waals surface area (Å²) in [6, 6.07) is 5.50. The molecule has 106 valence electrons. The zero-order valence-corrected chi connectivity index (χ0v) is 12.5. The third kappa shape index (κ3) is 2.17. The van der Waals surface area contributed by atoms with Crippen LogP contribution in [-0.4, -0.2) is 19.2 Å². The number of nitrogens with two attached hydrogens (primary N) is 1. The van der Waals surface area contributed by atoms with Gasteiger partial charge in [0.05, 0.1) is 26.0 Å². The molecule has 1 unspecified atom stereocenters. The summed E-state index contributed by atoms with van der Waals surface area (Å²) in [6.07, 6.45) is 3.43. The minimum atomic E-state index is -0.268. The summed E-state index contributed by atoms with van der Waals surface area (Å²) in [5.41, 5.74) is 8.53. The number of hydrogen-bond acceptors (Lipinski definition) is 5. The summed E-state index contributed by atoms with van der Waals surface area (Å²) >= 11 is 1.73. The van der Waals surface area contributed by atoms with Crippen LogP contribution in [0.3, 0.4) is 0 Å². The number of methoxy groups -OCH3 is 2. The van der Waals surface area contributed by atoms with E-state index in [1.807, 2.05) is 18.2 Å². The number of hydrogen-bond donors (Lipinski definition) is 1. The van der Waals surface area contributed by atoms with Gasteiger partial charge in [0.1, 0.15) is 5.01 Å². The lowest BCUT2D eigenvalue weighted by molar-refractivity contribution is 0.350. The van der Waals surface area contributed by atoms with Gasteiger partial charge in [0.25, 0.3) is 0 Å². The van der Waals surface area contributed by atoms with Gasteiger partial charge in [0.2, 0.25) is 0 Å². The number of benzene rings is 1. The van der Waals surface area contributed by atoms with Crippen molar-refractivity contribution in [2.75, 3.05) is 14.2 Å². The molecule has 0 saturated heterocycles. The van der Waals surface area contributed by atoms with Crippen molar-refractivity contribution in [3.63, 3.8) is 0 Å². The number of aryl methyl sites for hydroxylation is 2. The predicted octanol–water partition coefficient (Wildman–Crippen LogP) is 2.70. The minimum Gasteiger partial charge on any atom is -0.493 e. The van der Waals surface area contributed by atoms with E-state index in [1.165, 1.54) is 17.0 Å². The lowest BCUT2D eigenvalue weighted by Gasteiger charge is -2.16. The van der Waals surface area contributed by atoms with Gasteiger partial charge in [0.15, 0.2) is 11.5 Å². The normalized spacial score (nSPS) is 14.9. The summed E-state index contributed by atoms with van der Waals surface area (Å²) in [5, 5.41) is 0.959. The quantitative estimate of drug-likeness (QED) is 0.940. The van der Waals surface area contributed by atoms with E-state index < -0.39 is 0 Å². The molecule has 1 aromatic heterocycles. The van der Waals surface area contributed by atoms with E-state index in [0.717, 1.165) is 23.4 Å². The summed E-state index contributed by atoms with van der Waals surface area (Å²) in [4.78, 5) is 6.08. The molecule has 0 aliphatic heterocycles. The molecule has 1 aliphatic rings. The highest BCUT2D eigenvalue weighted by Crippen LogP contribution is 2.38. The van der Waals surface area contributed by atoms with Crippen molar-refractivity contribution in [3.05, 3.63) is 39.3 Å². The second-order valence-electron chi connectivity index (χ2n) is 4.84. The van der Waals surface area contributed by atoms with Crippen molar-refractivity contribution < 1.29 is 9.47 Å². The summed E-state index contributed by atoms with van der Waals surface area (Å²) in [5.74, 6) is 1.39. The molecule has 2 N–H and O–H groups in total. The van der Waals surface area contributed by atoms with Gasteiger partial charge in [-0.15, -0.1) is 11.3 Å². The van der Waals surface area contributed by atoms with E-state index in [9.17, 15) is 0 Å². The lowest BCUT2D eigenvalue weighted by Crippen LogP contribution is -2.13. The largest absolute Gasteiger partial charge is 0.493 e. The van der Waals surface area contributed by atoms with Crippen LogP contribution in [0.1, 0.15) is 33.6 Å². The number of fused-ring (bicyclic) bond motifs is 1. The number of para-hydroxylation sites is 1. The summed E-state index contributed by atoms with van der Waals surface area (Å²) in [7, 11) is 3.26.